The van der Waals surface area contributed by atoms with Crippen LogP contribution in [0.15, 0.2) is 18.3 Å². The number of carbonyl (C=O) groups is 1. The van der Waals surface area contributed by atoms with E-state index in [0.717, 1.165) is 58.0 Å². The van der Waals surface area contributed by atoms with Gasteiger partial charge in [-0.1, -0.05) is 6.07 Å². The lowest BCUT2D eigenvalue weighted by Gasteiger charge is -2.47. The van der Waals surface area contributed by atoms with Crippen LogP contribution in [0.25, 0.3) is 0 Å². The number of rotatable bonds is 7. The van der Waals surface area contributed by atoms with Gasteiger partial charge in [-0.15, -0.1) is 0 Å². The number of piperidine rings is 2. The van der Waals surface area contributed by atoms with Crippen LogP contribution >= 0.6 is 0 Å². The summed E-state index contributed by atoms with van der Waals surface area (Å²) in [7, 11) is 5.75. The third-order valence-corrected chi connectivity index (χ3v) is 6.11. The highest BCUT2D eigenvalue weighted by atomic mass is 16.5. The van der Waals surface area contributed by atoms with Gasteiger partial charge in [-0.05, 0) is 55.8 Å². The summed E-state index contributed by atoms with van der Waals surface area (Å²) in [5.41, 5.74) is 1.60. The van der Waals surface area contributed by atoms with Crippen LogP contribution in [0.5, 0.6) is 0 Å². The quantitative estimate of drug-likeness (QED) is 0.686. The fourth-order valence-electron chi connectivity index (χ4n) is 4.33. The van der Waals surface area contributed by atoms with Crippen molar-refractivity contribution in [2.45, 2.75) is 38.6 Å². The molecule has 3 heterocycles. The van der Waals surface area contributed by atoms with Crippen molar-refractivity contribution in [2.24, 2.45) is 5.41 Å². The number of carbonyl (C=O) groups excluding carboxylic acids is 1. The third-order valence-electron chi connectivity index (χ3n) is 6.11. The molecule has 3 rings (SSSR count). The molecule has 27 heavy (non-hydrogen) atoms. The summed E-state index contributed by atoms with van der Waals surface area (Å²) in [6.45, 7) is 5.67. The highest BCUT2D eigenvalue weighted by molar-refractivity contribution is 5.77. The number of amides is 1. The highest BCUT2D eigenvalue weighted by Gasteiger charge is 2.40. The second kappa shape index (κ2) is 9.02. The molecule has 6 nitrogen and oxygen atoms in total. The lowest BCUT2D eigenvalue weighted by atomic mass is 9.72. The number of aromatic nitrogens is 1. The Morgan fingerprint density at radius 2 is 2.00 bits per heavy atom. The Bertz CT molecular complexity index is 609. The molecule has 1 aromatic heterocycles. The zero-order valence-corrected chi connectivity index (χ0v) is 17.1. The van der Waals surface area contributed by atoms with Crippen LogP contribution in [0, 0.1) is 5.41 Å². The van der Waals surface area contributed by atoms with Crippen molar-refractivity contribution in [1.82, 2.24) is 14.8 Å². The van der Waals surface area contributed by atoms with E-state index in [2.05, 4.69) is 26.9 Å². The molecular weight excluding hydrogens is 340 g/mol. The smallest absolute Gasteiger partial charge is 0.222 e. The number of hydrogen-bond donors (Lipinski definition) is 0. The van der Waals surface area contributed by atoms with Crippen molar-refractivity contribution in [1.29, 1.82) is 0 Å². The Hall–Kier alpha value is -1.66. The van der Waals surface area contributed by atoms with E-state index in [1.54, 1.807) is 7.11 Å². The second-order valence-electron chi connectivity index (χ2n) is 8.36. The Labute approximate surface area is 163 Å². The van der Waals surface area contributed by atoms with Crippen LogP contribution in [0.3, 0.4) is 0 Å². The first-order chi connectivity index (χ1) is 13.0. The van der Waals surface area contributed by atoms with Crippen LogP contribution in [-0.4, -0.2) is 74.7 Å². The molecule has 0 radical (unpaired) electrons. The minimum atomic E-state index is 0.324. The van der Waals surface area contributed by atoms with Gasteiger partial charge in [-0.2, -0.15) is 0 Å². The van der Waals surface area contributed by atoms with Gasteiger partial charge >= 0.3 is 0 Å². The maximum atomic E-state index is 12.3. The SMILES string of the molecule is COCCCN1CC2(CCC1=O)CCN(Cc1ccc(N(C)C)nc1)CC2. The first-order valence-corrected chi connectivity index (χ1v) is 10.1. The summed E-state index contributed by atoms with van der Waals surface area (Å²) < 4.78 is 5.14. The van der Waals surface area contributed by atoms with Gasteiger partial charge in [0.2, 0.25) is 5.91 Å². The molecule has 0 atom stereocenters. The molecule has 2 fully saturated rings. The van der Waals surface area contributed by atoms with Gasteiger partial charge in [0.25, 0.3) is 0 Å². The standard InChI is InChI=1S/C21H34N4O2/c1-23(2)19-6-5-18(15-22-19)16-24-12-9-21(10-13-24)8-7-20(26)25(17-21)11-4-14-27-3/h5-6,15H,4,7-14,16-17H2,1-3H3. The molecule has 0 N–H and O–H groups in total. The minimum Gasteiger partial charge on any atom is -0.385 e. The van der Waals surface area contributed by atoms with E-state index in [-0.39, 0.29) is 0 Å². The van der Waals surface area contributed by atoms with Gasteiger partial charge in [-0.3, -0.25) is 9.69 Å². The zero-order valence-electron chi connectivity index (χ0n) is 17.1. The Morgan fingerprint density at radius 1 is 1.22 bits per heavy atom. The number of methoxy groups -OCH3 is 1. The molecule has 150 valence electrons. The van der Waals surface area contributed by atoms with E-state index in [1.807, 2.05) is 25.2 Å². The zero-order chi connectivity index (χ0) is 19.3. The van der Waals surface area contributed by atoms with Crippen LogP contribution in [0.4, 0.5) is 5.82 Å². The lowest BCUT2D eigenvalue weighted by molar-refractivity contribution is -0.139. The van der Waals surface area contributed by atoms with Crippen molar-refractivity contribution >= 4 is 11.7 Å². The van der Waals surface area contributed by atoms with Gasteiger partial charge in [0.05, 0.1) is 0 Å². The second-order valence-corrected chi connectivity index (χ2v) is 8.36. The molecule has 1 aromatic rings. The fourth-order valence-corrected chi connectivity index (χ4v) is 4.33. The van der Waals surface area contributed by atoms with E-state index in [0.29, 0.717) is 17.7 Å². The molecule has 6 heteroatoms. The average molecular weight is 375 g/mol. The Balaban J connectivity index is 1.50. The molecule has 0 aliphatic carbocycles. The van der Waals surface area contributed by atoms with Crippen molar-refractivity contribution < 1.29 is 9.53 Å². The number of nitrogens with zero attached hydrogens (tertiary/aromatic N) is 4. The monoisotopic (exact) mass is 374 g/mol. The molecule has 0 unspecified atom stereocenters. The normalized spacial score (nSPS) is 20.3. The first kappa shape index (κ1) is 20.1. The number of ether oxygens (including phenoxy) is 1. The predicted molar refractivity (Wildman–Crippen MR) is 108 cm³/mol. The van der Waals surface area contributed by atoms with Gasteiger partial charge in [0.1, 0.15) is 5.82 Å². The summed E-state index contributed by atoms with van der Waals surface area (Å²) in [5.74, 6) is 1.32. The van der Waals surface area contributed by atoms with Crippen molar-refractivity contribution in [3.05, 3.63) is 23.9 Å². The molecule has 0 saturated carbocycles. The molecular formula is C21H34N4O2. The summed E-state index contributed by atoms with van der Waals surface area (Å²) in [6.07, 6.45) is 7.06. The number of hydrogen-bond acceptors (Lipinski definition) is 5. The van der Waals surface area contributed by atoms with E-state index in [1.165, 1.54) is 18.4 Å². The third kappa shape index (κ3) is 5.20. The van der Waals surface area contributed by atoms with E-state index < -0.39 is 0 Å². The van der Waals surface area contributed by atoms with Crippen LogP contribution in [-0.2, 0) is 16.1 Å². The van der Waals surface area contributed by atoms with Gasteiger partial charge in [-0.25, -0.2) is 4.98 Å². The van der Waals surface area contributed by atoms with Crippen molar-refractivity contribution in [3.63, 3.8) is 0 Å². The summed E-state index contributed by atoms with van der Waals surface area (Å²) >= 11 is 0. The van der Waals surface area contributed by atoms with Crippen molar-refractivity contribution in [2.75, 3.05) is 58.9 Å². The van der Waals surface area contributed by atoms with Crippen molar-refractivity contribution in [3.8, 4) is 0 Å². The molecule has 2 saturated heterocycles. The predicted octanol–water partition coefficient (Wildman–Crippen LogP) is 2.39. The molecule has 0 aromatic carbocycles. The largest absolute Gasteiger partial charge is 0.385 e. The summed E-state index contributed by atoms with van der Waals surface area (Å²) in [5, 5.41) is 0. The molecule has 1 spiro atoms. The molecule has 1 amide bonds. The van der Waals surface area contributed by atoms with Crippen LogP contribution in [0.2, 0.25) is 0 Å². The van der Waals surface area contributed by atoms with Gasteiger partial charge in [0.15, 0.2) is 0 Å². The average Bonchev–Trinajstić information content (AvgIpc) is 2.67. The maximum Gasteiger partial charge on any atom is 0.222 e. The number of anilines is 1. The Kier molecular flexibility index (Phi) is 6.71. The number of likely N-dealkylation sites (tertiary alicyclic amines) is 2. The molecule has 2 aliphatic heterocycles. The van der Waals surface area contributed by atoms with E-state index in [4.69, 9.17) is 4.74 Å². The fraction of sp³-hybridized carbons (Fsp3) is 0.714. The summed E-state index contributed by atoms with van der Waals surface area (Å²) in [6, 6.07) is 4.27. The van der Waals surface area contributed by atoms with E-state index in [9.17, 15) is 4.79 Å². The summed E-state index contributed by atoms with van der Waals surface area (Å²) in [4.78, 5) is 23.4. The first-order valence-electron chi connectivity index (χ1n) is 10.1. The minimum absolute atomic E-state index is 0.324. The lowest BCUT2D eigenvalue weighted by Crippen LogP contribution is -2.51. The van der Waals surface area contributed by atoms with E-state index >= 15 is 0 Å². The van der Waals surface area contributed by atoms with Crippen LogP contribution < -0.4 is 4.90 Å². The molecule has 0 bridgehead atoms. The van der Waals surface area contributed by atoms with Gasteiger partial charge < -0.3 is 14.5 Å². The Morgan fingerprint density at radius 3 is 2.63 bits per heavy atom. The highest BCUT2D eigenvalue weighted by Crippen LogP contribution is 2.40. The molecule has 2 aliphatic rings. The van der Waals surface area contributed by atoms with Crippen LogP contribution in [0.1, 0.15) is 37.7 Å². The maximum absolute atomic E-state index is 12.3. The topological polar surface area (TPSA) is 48.9 Å². The van der Waals surface area contributed by atoms with Gasteiger partial charge in [0, 0.05) is 60.1 Å². The number of pyridine rings is 1.